The average Bonchev–Trinajstić information content (AvgIpc) is 2.14. The minimum atomic E-state index is -0.753. The molecule has 0 saturated heterocycles. The second-order valence-corrected chi connectivity index (χ2v) is 4.03. The Balaban J connectivity index is 2.82. The summed E-state index contributed by atoms with van der Waals surface area (Å²) in [7, 11) is 1.64. The zero-order chi connectivity index (χ0) is 10.6. The number of rotatable bonds is 4. The molecule has 0 aliphatic heterocycles. The van der Waals surface area contributed by atoms with Gasteiger partial charge < -0.3 is 0 Å². The highest BCUT2D eigenvalue weighted by molar-refractivity contribution is 7.99. The zero-order valence-electron chi connectivity index (χ0n) is 7.62. The van der Waals surface area contributed by atoms with Crippen molar-refractivity contribution in [2.45, 2.75) is 11.6 Å². The summed E-state index contributed by atoms with van der Waals surface area (Å²) in [5.74, 6) is 1.35. The van der Waals surface area contributed by atoms with Gasteiger partial charge in [-0.2, -0.15) is 4.98 Å². The monoisotopic (exact) mass is 235 g/mol. The van der Waals surface area contributed by atoms with E-state index in [1.54, 1.807) is 7.05 Å². The van der Waals surface area contributed by atoms with Gasteiger partial charge in [-0.1, -0.05) is 11.8 Å². The maximum absolute atomic E-state index is 10.9. The van der Waals surface area contributed by atoms with E-state index in [2.05, 4.69) is 10.1 Å². The Bertz CT molecular complexity index is 414. The third-order valence-electron chi connectivity index (χ3n) is 1.46. The molecule has 0 bridgehead atoms. The summed E-state index contributed by atoms with van der Waals surface area (Å²) in [6, 6.07) is 0. The van der Waals surface area contributed by atoms with E-state index in [0.717, 1.165) is 12.2 Å². The first-order valence-corrected chi connectivity index (χ1v) is 5.53. The lowest BCUT2D eigenvalue weighted by Gasteiger charge is -2.04. The van der Waals surface area contributed by atoms with Crippen molar-refractivity contribution >= 4 is 23.4 Å². The Kier molecular flexibility index (Phi) is 4.21. The predicted molar refractivity (Wildman–Crippen MR) is 56.2 cm³/mol. The van der Waals surface area contributed by atoms with Crippen LogP contribution < -0.4 is 11.1 Å². The zero-order valence-corrected chi connectivity index (χ0v) is 9.19. The fourth-order valence-electron chi connectivity index (χ4n) is 0.808. The predicted octanol–water partition coefficient (Wildman–Crippen LogP) is 0.190. The lowest BCUT2D eigenvalue weighted by Crippen LogP contribution is -2.33. The van der Waals surface area contributed by atoms with Crippen molar-refractivity contribution < 1.29 is 0 Å². The molecular formula is C7H10ClN3O2S. The summed E-state index contributed by atoms with van der Waals surface area (Å²) in [6.07, 6.45) is 0.835. The Morgan fingerprint density at radius 2 is 2.29 bits per heavy atom. The second kappa shape index (κ2) is 5.21. The highest BCUT2D eigenvalue weighted by atomic mass is 35.5. The highest BCUT2D eigenvalue weighted by Gasteiger charge is 2.03. The summed E-state index contributed by atoms with van der Waals surface area (Å²) in [5.41, 5.74) is -1.45. The molecule has 1 aromatic heterocycles. The van der Waals surface area contributed by atoms with Gasteiger partial charge in [0.2, 0.25) is 0 Å². The van der Waals surface area contributed by atoms with Crippen LogP contribution >= 0.6 is 23.4 Å². The fourth-order valence-corrected chi connectivity index (χ4v) is 1.96. The highest BCUT2D eigenvalue weighted by Crippen LogP contribution is 2.12. The van der Waals surface area contributed by atoms with E-state index in [1.165, 1.54) is 16.4 Å². The quantitative estimate of drug-likeness (QED) is 0.350. The van der Waals surface area contributed by atoms with Crippen LogP contribution in [-0.4, -0.2) is 26.4 Å². The third kappa shape index (κ3) is 2.88. The molecule has 0 saturated carbocycles. The molecule has 0 radical (unpaired) electrons. The number of thioether (sulfide) groups is 1. The molecule has 1 heterocycles. The van der Waals surface area contributed by atoms with Gasteiger partial charge in [-0.3, -0.25) is 19.4 Å². The molecule has 0 unspecified atom stereocenters. The molecule has 0 amide bonds. The summed E-state index contributed by atoms with van der Waals surface area (Å²) in [4.78, 5) is 25.4. The molecule has 0 atom stereocenters. The van der Waals surface area contributed by atoms with Gasteiger partial charge in [-0.05, 0) is 6.42 Å². The Morgan fingerprint density at radius 3 is 2.93 bits per heavy atom. The van der Waals surface area contributed by atoms with Gasteiger partial charge in [0.15, 0.2) is 5.16 Å². The van der Waals surface area contributed by atoms with Gasteiger partial charge in [0.05, 0.1) is 0 Å². The van der Waals surface area contributed by atoms with Gasteiger partial charge in [0, 0.05) is 18.7 Å². The number of hydrogen-bond donors (Lipinski definition) is 1. The SMILES string of the molecule is Cn1[nH]c(=O)c(=O)nc1SCCCCl. The summed E-state index contributed by atoms with van der Waals surface area (Å²) in [6.45, 7) is 0. The summed E-state index contributed by atoms with van der Waals surface area (Å²) >= 11 is 6.90. The van der Waals surface area contributed by atoms with Crippen LogP contribution in [0.2, 0.25) is 0 Å². The third-order valence-corrected chi connectivity index (χ3v) is 2.84. The number of aromatic nitrogens is 3. The maximum atomic E-state index is 10.9. The van der Waals surface area contributed by atoms with E-state index in [9.17, 15) is 9.59 Å². The van der Waals surface area contributed by atoms with Crippen molar-refractivity contribution in [2.24, 2.45) is 7.05 Å². The largest absolute Gasteiger partial charge is 0.339 e. The van der Waals surface area contributed by atoms with E-state index >= 15 is 0 Å². The van der Waals surface area contributed by atoms with E-state index < -0.39 is 11.1 Å². The molecule has 7 heteroatoms. The van der Waals surface area contributed by atoms with Crippen molar-refractivity contribution in [1.82, 2.24) is 14.8 Å². The lowest BCUT2D eigenvalue weighted by molar-refractivity contribution is 0.596. The maximum Gasteiger partial charge on any atom is 0.339 e. The first-order valence-electron chi connectivity index (χ1n) is 4.01. The Labute approximate surface area is 89.5 Å². The molecule has 1 N–H and O–H groups in total. The van der Waals surface area contributed by atoms with Crippen LogP contribution in [0.1, 0.15) is 6.42 Å². The first kappa shape index (κ1) is 11.3. The molecule has 0 aromatic carbocycles. The lowest BCUT2D eigenvalue weighted by atomic mass is 10.6. The Morgan fingerprint density at radius 1 is 1.57 bits per heavy atom. The number of hydrogen-bond acceptors (Lipinski definition) is 4. The number of nitrogens with one attached hydrogen (secondary N) is 1. The van der Waals surface area contributed by atoms with Crippen LogP contribution in [0, 0.1) is 0 Å². The minimum Gasteiger partial charge on any atom is -0.265 e. The molecule has 0 fully saturated rings. The normalized spacial score (nSPS) is 10.4. The first-order chi connectivity index (χ1) is 6.65. The summed E-state index contributed by atoms with van der Waals surface area (Å²) in [5, 5.41) is 2.87. The molecule has 14 heavy (non-hydrogen) atoms. The van der Waals surface area contributed by atoms with Crippen molar-refractivity contribution in [3.63, 3.8) is 0 Å². The van der Waals surface area contributed by atoms with Crippen LogP contribution in [0.4, 0.5) is 0 Å². The van der Waals surface area contributed by atoms with Crippen LogP contribution in [0.3, 0.4) is 0 Å². The number of aryl methyl sites for hydroxylation is 1. The van der Waals surface area contributed by atoms with Gasteiger partial charge in [-0.25, -0.2) is 0 Å². The second-order valence-electron chi connectivity index (χ2n) is 2.59. The number of nitrogens with zero attached hydrogens (tertiary/aromatic N) is 2. The standard InChI is InChI=1S/C7H10ClN3O2S/c1-11-7(14-4-2-3-8)9-5(12)6(13)10-11/h2-4H2,1H3,(H,10,13). The van der Waals surface area contributed by atoms with Gasteiger partial charge >= 0.3 is 11.1 Å². The number of aromatic amines is 1. The van der Waals surface area contributed by atoms with Crippen molar-refractivity contribution in [3.05, 3.63) is 20.7 Å². The Hall–Kier alpha value is -0.750. The molecule has 0 aliphatic rings. The van der Waals surface area contributed by atoms with Crippen LogP contribution in [0.5, 0.6) is 0 Å². The summed E-state index contributed by atoms with van der Waals surface area (Å²) < 4.78 is 1.43. The van der Waals surface area contributed by atoms with Crippen molar-refractivity contribution in [3.8, 4) is 0 Å². The smallest absolute Gasteiger partial charge is 0.265 e. The topological polar surface area (TPSA) is 67.8 Å². The molecule has 1 rings (SSSR count). The van der Waals surface area contributed by atoms with Crippen LogP contribution in [0.25, 0.3) is 0 Å². The number of H-pyrrole nitrogens is 1. The molecule has 78 valence electrons. The van der Waals surface area contributed by atoms with Gasteiger partial charge in [0.25, 0.3) is 0 Å². The minimum absolute atomic E-state index is 0.500. The van der Waals surface area contributed by atoms with Gasteiger partial charge in [-0.15, -0.1) is 11.6 Å². The molecule has 1 aromatic rings. The fraction of sp³-hybridized carbons (Fsp3) is 0.571. The number of alkyl halides is 1. The van der Waals surface area contributed by atoms with E-state index in [4.69, 9.17) is 11.6 Å². The van der Waals surface area contributed by atoms with Gasteiger partial charge in [0.1, 0.15) is 0 Å². The van der Waals surface area contributed by atoms with Crippen molar-refractivity contribution in [2.75, 3.05) is 11.6 Å². The van der Waals surface area contributed by atoms with E-state index in [-0.39, 0.29) is 0 Å². The van der Waals surface area contributed by atoms with Crippen LogP contribution in [0.15, 0.2) is 14.7 Å². The van der Waals surface area contributed by atoms with E-state index in [0.29, 0.717) is 11.0 Å². The van der Waals surface area contributed by atoms with E-state index in [1.807, 2.05) is 0 Å². The number of halogens is 1. The molecule has 0 spiro atoms. The van der Waals surface area contributed by atoms with Crippen molar-refractivity contribution in [1.29, 1.82) is 0 Å². The average molecular weight is 236 g/mol. The van der Waals surface area contributed by atoms with Crippen LogP contribution in [-0.2, 0) is 7.05 Å². The molecule has 5 nitrogen and oxygen atoms in total. The molecule has 0 aliphatic carbocycles. The molecular weight excluding hydrogens is 226 g/mol.